The standard InChI is InChI=1S/C7H11O9P.2C7H9O8P/c8-4(9)1-2-7(6(12)13,3-5(10)11)17(14,15)16;8-4(9)3-7(16(12,13)14)2-1-5(10)15-6(7)11;8-4(9)1-2-7(16(12,13)14)3-5(10)15-6(7)11/h1-3H2,(H,8,9)(H,10,11)(H,12,13)(H2,14,15,16);2*1-3H2,(H,8,9)(H2,12,13,14). The molecule has 0 saturated carbocycles. The van der Waals surface area contributed by atoms with Crippen molar-refractivity contribution in [2.24, 2.45) is 0 Å². The number of esters is 4. The van der Waals surface area contributed by atoms with E-state index in [0.717, 1.165) is 0 Å². The van der Waals surface area contributed by atoms with Gasteiger partial charge in [0.1, 0.15) is 0 Å². The van der Waals surface area contributed by atoms with E-state index in [4.69, 9.17) is 54.9 Å². The molecule has 2 rings (SSSR count). The summed E-state index contributed by atoms with van der Waals surface area (Å²) in [4.78, 5) is 151. The van der Waals surface area contributed by atoms with Crippen molar-refractivity contribution in [1.82, 2.24) is 0 Å². The highest BCUT2D eigenvalue weighted by molar-refractivity contribution is 7.55. The third-order valence-electron chi connectivity index (χ3n) is 6.82. The minimum Gasteiger partial charge on any atom is -0.481 e. The molecule has 2 saturated heterocycles. The number of hydrogen-bond donors (Lipinski definition) is 11. The number of carboxylic acid groups (broad SMARTS) is 5. The summed E-state index contributed by atoms with van der Waals surface area (Å²) >= 11 is 0. The van der Waals surface area contributed by atoms with E-state index < -0.39 is 150 Å². The number of hydrogen-bond acceptors (Lipinski definition) is 14. The smallest absolute Gasteiger partial charge is 0.343 e. The second-order valence-electron chi connectivity index (χ2n) is 10.2. The summed E-state index contributed by atoms with van der Waals surface area (Å²) < 4.78 is 41.6. The maximum atomic E-state index is 11.3. The van der Waals surface area contributed by atoms with E-state index in [1.54, 1.807) is 0 Å². The second-order valence-corrected chi connectivity index (χ2v) is 16.0. The number of rotatable bonds is 14. The van der Waals surface area contributed by atoms with Crippen LogP contribution in [-0.4, -0.2) is 124 Å². The maximum Gasteiger partial charge on any atom is 0.343 e. The molecule has 0 aliphatic carbocycles. The predicted octanol–water partition coefficient (Wildman–Crippen LogP) is -2.19. The first-order valence-electron chi connectivity index (χ1n) is 12.7. The molecule has 0 spiro atoms. The lowest BCUT2D eigenvalue weighted by Gasteiger charge is -2.32. The van der Waals surface area contributed by atoms with E-state index in [1.165, 1.54) is 0 Å². The Morgan fingerprint density at radius 3 is 1.41 bits per heavy atom. The fraction of sp³-hybridized carbons (Fsp3) is 0.571. The van der Waals surface area contributed by atoms with Gasteiger partial charge in [-0.2, -0.15) is 0 Å². The van der Waals surface area contributed by atoms with E-state index in [-0.39, 0.29) is 0 Å². The molecule has 49 heavy (non-hydrogen) atoms. The summed E-state index contributed by atoms with van der Waals surface area (Å²) in [6, 6.07) is 0. The van der Waals surface area contributed by atoms with E-state index in [2.05, 4.69) is 9.47 Å². The van der Waals surface area contributed by atoms with Crippen LogP contribution in [0.25, 0.3) is 0 Å². The molecule has 0 aromatic rings. The van der Waals surface area contributed by atoms with Gasteiger partial charge in [0.05, 0.1) is 19.3 Å². The SMILES string of the molecule is O=C(O)CC1(P(=O)(O)O)CCC(=O)OC1=O.O=C(O)CCC(CC(=O)O)(C(=O)O)P(=O)(O)O.O=C(O)CCC1(P(=O)(O)O)CC(=O)OC1=O. The van der Waals surface area contributed by atoms with Crippen LogP contribution in [0.5, 0.6) is 0 Å². The van der Waals surface area contributed by atoms with Gasteiger partial charge in [-0.15, -0.1) is 0 Å². The summed E-state index contributed by atoms with van der Waals surface area (Å²) in [6.45, 7) is 0. The van der Waals surface area contributed by atoms with Crippen molar-refractivity contribution >= 4 is 76.5 Å². The molecule has 0 aromatic heterocycles. The average molecular weight is 774 g/mol. The monoisotopic (exact) mass is 774 g/mol. The van der Waals surface area contributed by atoms with Gasteiger partial charge in [0.2, 0.25) is 0 Å². The third kappa shape index (κ3) is 11.6. The maximum absolute atomic E-state index is 11.3. The number of ether oxygens (including phenoxy) is 2. The van der Waals surface area contributed by atoms with Crippen molar-refractivity contribution in [3.8, 4) is 0 Å². The molecule has 0 amide bonds. The highest BCUT2D eigenvalue weighted by Crippen LogP contribution is 2.59. The van der Waals surface area contributed by atoms with Gasteiger partial charge in [-0.3, -0.25) is 56.8 Å². The van der Waals surface area contributed by atoms with Crippen LogP contribution in [0.1, 0.15) is 57.8 Å². The first kappa shape index (κ1) is 45.1. The zero-order valence-electron chi connectivity index (χ0n) is 24.3. The average Bonchev–Trinajstić information content (AvgIpc) is 3.19. The zero-order valence-corrected chi connectivity index (χ0v) is 27.0. The van der Waals surface area contributed by atoms with Gasteiger partial charge in [0.15, 0.2) is 15.5 Å². The van der Waals surface area contributed by atoms with Crippen LogP contribution in [0.15, 0.2) is 0 Å². The van der Waals surface area contributed by atoms with Crippen LogP contribution >= 0.6 is 22.8 Å². The molecule has 25 nitrogen and oxygen atoms in total. The molecule has 2 aliphatic heterocycles. The summed E-state index contributed by atoms with van der Waals surface area (Å²) in [5.41, 5.74) is 0. The van der Waals surface area contributed by atoms with Crippen LogP contribution in [0.4, 0.5) is 0 Å². The van der Waals surface area contributed by atoms with Gasteiger partial charge in [-0.05, 0) is 19.3 Å². The molecule has 11 N–H and O–H groups in total. The van der Waals surface area contributed by atoms with E-state index in [0.29, 0.717) is 0 Å². The molecule has 3 atom stereocenters. The molecule has 2 aliphatic rings. The van der Waals surface area contributed by atoms with Gasteiger partial charge in [0.25, 0.3) is 0 Å². The van der Waals surface area contributed by atoms with E-state index >= 15 is 0 Å². The minimum atomic E-state index is -5.32. The number of carboxylic acids is 5. The van der Waals surface area contributed by atoms with Crippen molar-refractivity contribution in [3.05, 3.63) is 0 Å². The molecule has 28 heteroatoms. The molecule has 0 aromatic carbocycles. The fourth-order valence-corrected chi connectivity index (χ4v) is 7.11. The molecular formula is C21H29O25P3. The Bertz CT molecular complexity index is 1530. The van der Waals surface area contributed by atoms with Crippen molar-refractivity contribution in [2.75, 3.05) is 0 Å². The zero-order chi connectivity index (χ0) is 39.0. The Morgan fingerprint density at radius 1 is 0.653 bits per heavy atom. The van der Waals surface area contributed by atoms with E-state index in [1.807, 2.05) is 0 Å². The van der Waals surface area contributed by atoms with E-state index in [9.17, 15) is 56.8 Å². The summed E-state index contributed by atoms with van der Waals surface area (Å²) in [5.74, 6) is -12.9. The van der Waals surface area contributed by atoms with Crippen LogP contribution in [0.3, 0.4) is 0 Å². The van der Waals surface area contributed by atoms with Gasteiger partial charge in [-0.1, -0.05) is 0 Å². The quantitative estimate of drug-likeness (QED) is 0.0507. The second kappa shape index (κ2) is 16.7. The normalized spacial score (nSPS) is 22.2. The number of aliphatic carboxylic acids is 5. The van der Waals surface area contributed by atoms with Gasteiger partial charge >= 0.3 is 76.5 Å². The van der Waals surface area contributed by atoms with Crippen LogP contribution in [-0.2, 0) is 66.3 Å². The van der Waals surface area contributed by atoms with Crippen molar-refractivity contribution in [2.45, 2.75) is 73.3 Å². The van der Waals surface area contributed by atoms with Crippen molar-refractivity contribution in [3.63, 3.8) is 0 Å². The lowest BCUT2D eigenvalue weighted by atomic mass is 9.96. The largest absolute Gasteiger partial charge is 0.481 e. The van der Waals surface area contributed by atoms with Crippen molar-refractivity contribution in [1.29, 1.82) is 0 Å². The van der Waals surface area contributed by atoms with Crippen LogP contribution in [0, 0.1) is 0 Å². The molecule has 0 bridgehead atoms. The van der Waals surface area contributed by atoms with Gasteiger partial charge in [0, 0.05) is 19.3 Å². The summed E-state index contributed by atoms with van der Waals surface area (Å²) in [6.07, 6.45) is -7.21. The number of carbonyl (C=O) groups excluding carboxylic acids is 4. The number of carbonyl (C=O) groups is 9. The fourth-order valence-electron chi connectivity index (χ4n) is 4.06. The Balaban J connectivity index is 0.000000705. The Kier molecular flexibility index (Phi) is 15.3. The topological polar surface area (TPSA) is 446 Å². The first-order valence-corrected chi connectivity index (χ1v) is 17.5. The van der Waals surface area contributed by atoms with Crippen LogP contribution < -0.4 is 0 Å². The molecule has 2 fully saturated rings. The van der Waals surface area contributed by atoms with Crippen LogP contribution in [0.2, 0.25) is 0 Å². The Morgan fingerprint density at radius 2 is 1.10 bits per heavy atom. The summed E-state index contributed by atoms with van der Waals surface area (Å²) in [5, 5.41) is 34.9. The number of cyclic esters (lactones) is 4. The van der Waals surface area contributed by atoms with Crippen molar-refractivity contribution < 1.29 is 121 Å². The highest BCUT2D eigenvalue weighted by Gasteiger charge is 2.61. The molecule has 3 unspecified atom stereocenters. The molecule has 2 heterocycles. The lowest BCUT2D eigenvalue weighted by molar-refractivity contribution is -0.168. The summed E-state index contributed by atoms with van der Waals surface area (Å²) in [7, 11) is -15.3. The highest BCUT2D eigenvalue weighted by atomic mass is 31.2. The predicted molar refractivity (Wildman–Crippen MR) is 146 cm³/mol. The molecular weight excluding hydrogens is 745 g/mol. The molecule has 278 valence electrons. The Labute approximate surface area is 271 Å². The Hall–Kier alpha value is -3.92. The lowest BCUT2D eigenvalue weighted by Crippen LogP contribution is -2.46. The van der Waals surface area contributed by atoms with Gasteiger partial charge < -0.3 is 64.4 Å². The minimum absolute atomic E-state index is 0.399. The molecule has 0 radical (unpaired) electrons. The first-order chi connectivity index (χ1) is 21.9. The third-order valence-corrected chi connectivity index (χ3v) is 11.9. The van der Waals surface area contributed by atoms with Gasteiger partial charge in [-0.25, -0.2) is 0 Å².